The number of hydrogen-bond donors (Lipinski definition) is 0. The van der Waals surface area contributed by atoms with Gasteiger partial charge in [-0.05, 0) is 91.8 Å². The van der Waals surface area contributed by atoms with Gasteiger partial charge in [-0.15, -0.1) is 0 Å². The van der Waals surface area contributed by atoms with Crippen molar-refractivity contribution in [1.29, 1.82) is 5.26 Å². The van der Waals surface area contributed by atoms with Gasteiger partial charge in [0.1, 0.15) is 15.9 Å². The highest BCUT2D eigenvalue weighted by Gasteiger charge is 2.62. The maximum Gasteiger partial charge on any atom is 0.157 e. The number of fused-ring (bicyclic) bond motifs is 5. The van der Waals surface area contributed by atoms with Crippen molar-refractivity contribution >= 4 is 15.6 Å². The van der Waals surface area contributed by atoms with Crippen LogP contribution in [0.4, 0.5) is 0 Å². The summed E-state index contributed by atoms with van der Waals surface area (Å²) >= 11 is 0. The van der Waals surface area contributed by atoms with Gasteiger partial charge in [-0.1, -0.05) is 20.3 Å². The average Bonchev–Trinajstić information content (AvgIpc) is 3.36. The van der Waals surface area contributed by atoms with Crippen LogP contribution in [0, 0.1) is 57.7 Å². The van der Waals surface area contributed by atoms with Crippen molar-refractivity contribution in [3.8, 4) is 6.07 Å². The molecule has 0 bridgehead atoms. The van der Waals surface area contributed by atoms with Crippen LogP contribution in [0.1, 0.15) is 77.2 Å². The van der Waals surface area contributed by atoms with E-state index in [0.29, 0.717) is 40.9 Å². The molecule has 0 saturated heterocycles. The Morgan fingerprint density at radius 1 is 1.18 bits per heavy atom. The van der Waals surface area contributed by atoms with Crippen molar-refractivity contribution in [2.75, 3.05) is 12.0 Å². The molecular formula is C27H39N3O3S. The Balaban J connectivity index is 1.39. The highest BCUT2D eigenvalue weighted by atomic mass is 32.2. The molecule has 0 radical (unpaired) electrons. The second kappa shape index (κ2) is 8.47. The van der Waals surface area contributed by atoms with Gasteiger partial charge in [0.25, 0.3) is 0 Å². The van der Waals surface area contributed by atoms with Crippen LogP contribution in [0.2, 0.25) is 0 Å². The van der Waals surface area contributed by atoms with E-state index in [1.165, 1.54) is 25.3 Å². The van der Waals surface area contributed by atoms with Crippen molar-refractivity contribution in [3.05, 3.63) is 18.0 Å². The van der Waals surface area contributed by atoms with Crippen LogP contribution < -0.4 is 0 Å². The Morgan fingerprint density at radius 2 is 1.97 bits per heavy atom. The maximum absolute atomic E-state index is 13.4. The molecule has 4 aliphatic rings. The molecule has 1 heterocycles. The SMILES string of the molecule is CC1CCC2(CS(C)(=O)=O)C(CCC3C4CCC(C(=O)Cn5cc(C#N)cn5)C4(C)CCC32)C1. The van der Waals surface area contributed by atoms with E-state index in [1.807, 2.05) is 0 Å². The molecule has 186 valence electrons. The minimum atomic E-state index is -3.05. The maximum atomic E-state index is 13.4. The van der Waals surface area contributed by atoms with Gasteiger partial charge in [-0.2, -0.15) is 10.4 Å². The first-order valence-corrected chi connectivity index (χ1v) is 15.2. The Hall–Kier alpha value is -1.68. The van der Waals surface area contributed by atoms with Gasteiger partial charge in [-0.3, -0.25) is 9.48 Å². The zero-order valence-electron chi connectivity index (χ0n) is 20.9. The molecule has 5 rings (SSSR count). The number of nitriles is 1. The lowest BCUT2D eigenvalue weighted by Gasteiger charge is -2.62. The van der Waals surface area contributed by atoms with E-state index in [2.05, 4.69) is 25.0 Å². The van der Waals surface area contributed by atoms with Crippen molar-refractivity contribution in [2.45, 2.75) is 78.2 Å². The average molecular weight is 486 g/mol. The van der Waals surface area contributed by atoms with Crippen LogP contribution in [-0.4, -0.2) is 36.0 Å². The number of Topliss-reactive ketones (excluding diaryl/α,β-unsaturated/α-hetero) is 1. The Bertz CT molecular complexity index is 1100. The van der Waals surface area contributed by atoms with Crippen LogP contribution in [0.5, 0.6) is 0 Å². The number of sulfone groups is 1. The van der Waals surface area contributed by atoms with Gasteiger partial charge in [0, 0.05) is 18.4 Å². The van der Waals surface area contributed by atoms with E-state index in [-0.39, 0.29) is 29.1 Å². The highest BCUT2D eigenvalue weighted by Crippen LogP contribution is 2.68. The number of ketones is 1. The first-order chi connectivity index (χ1) is 16.1. The molecule has 0 amide bonds. The highest BCUT2D eigenvalue weighted by molar-refractivity contribution is 7.90. The van der Waals surface area contributed by atoms with Crippen molar-refractivity contribution < 1.29 is 13.2 Å². The molecular weight excluding hydrogens is 446 g/mol. The Morgan fingerprint density at radius 3 is 2.68 bits per heavy atom. The van der Waals surface area contributed by atoms with E-state index < -0.39 is 9.84 Å². The quantitative estimate of drug-likeness (QED) is 0.605. The van der Waals surface area contributed by atoms with Gasteiger partial charge >= 0.3 is 0 Å². The topological polar surface area (TPSA) is 92.8 Å². The predicted molar refractivity (Wildman–Crippen MR) is 130 cm³/mol. The fourth-order valence-corrected chi connectivity index (χ4v) is 10.9. The molecule has 4 saturated carbocycles. The van der Waals surface area contributed by atoms with Gasteiger partial charge in [-0.25, -0.2) is 8.42 Å². The summed E-state index contributed by atoms with van der Waals surface area (Å²) < 4.78 is 26.9. The molecule has 4 fully saturated rings. The molecule has 1 aromatic heterocycles. The van der Waals surface area contributed by atoms with Gasteiger partial charge in [0.2, 0.25) is 0 Å². The van der Waals surface area contributed by atoms with Gasteiger partial charge < -0.3 is 0 Å². The number of carbonyl (C=O) groups is 1. The zero-order valence-corrected chi connectivity index (χ0v) is 21.7. The summed E-state index contributed by atoms with van der Waals surface area (Å²) in [5.41, 5.74) is 0.415. The second-order valence-electron chi connectivity index (χ2n) is 12.5. The molecule has 1 aromatic rings. The van der Waals surface area contributed by atoms with E-state index in [1.54, 1.807) is 10.9 Å². The summed E-state index contributed by atoms with van der Waals surface area (Å²) in [7, 11) is -3.05. The van der Waals surface area contributed by atoms with Crippen LogP contribution in [0.15, 0.2) is 12.4 Å². The molecule has 0 aliphatic heterocycles. The summed E-state index contributed by atoms with van der Waals surface area (Å²) in [5, 5.41) is 13.3. The summed E-state index contributed by atoms with van der Waals surface area (Å²) in [6.45, 7) is 4.91. The third kappa shape index (κ3) is 3.94. The standard InChI is InChI=1S/C27H39N3O3S/c1-18-8-11-27(17-34(3,32)33)20(12-18)4-5-21-22-6-7-24(26(22,2)10-9-23(21)27)25(31)16-30-15-19(13-28)14-29-30/h14-15,18,20-24H,4-12,16-17H2,1-3H3. The first-order valence-electron chi connectivity index (χ1n) is 13.2. The van der Waals surface area contributed by atoms with E-state index in [0.717, 1.165) is 44.9 Å². The lowest BCUT2D eigenvalue weighted by atomic mass is 9.44. The van der Waals surface area contributed by atoms with Crippen LogP contribution >= 0.6 is 0 Å². The van der Waals surface area contributed by atoms with E-state index in [4.69, 9.17) is 5.26 Å². The molecule has 4 aliphatic carbocycles. The fraction of sp³-hybridized carbons (Fsp3) is 0.815. The lowest BCUT2D eigenvalue weighted by molar-refractivity contribution is -0.136. The number of nitrogens with zero attached hydrogens (tertiary/aromatic N) is 3. The van der Waals surface area contributed by atoms with Crippen molar-refractivity contribution in [2.24, 2.45) is 46.3 Å². The molecule has 0 spiro atoms. The largest absolute Gasteiger partial charge is 0.297 e. The molecule has 8 atom stereocenters. The smallest absolute Gasteiger partial charge is 0.157 e. The van der Waals surface area contributed by atoms with E-state index >= 15 is 0 Å². The normalized spacial score (nSPS) is 41.7. The number of hydrogen-bond acceptors (Lipinski definition) is 5. The van der Waals surface area contributed by atoms with Crippen molar-refractivity contribution in [3.63, 3.8) is 0 Å². The molecule has 8 unspecified atom stereocenters. The minimum absolute atomic E-state index is 0.00939. The second-order valence-corrected chi connectivity index (χ2v) is 14.7. The summed E-state index contributed by atoms with van der Waals surface area (Å²) in [6, 6.07) is 2.08. The van der Waals surface area contributed by atoms with Gasteiger partial charge in [0.05, 0.1) is 24.1 Å². The molecule has 0 N–H and O–H groups in total. The molecule has 34 heavy (non-hydrogen) atoms. The molecule has 0 aromatic carbocycles. The van der Waals surface area contributed by atoms with Gasteiger partial charge in [0.15, 0.2) is 5.78 Å². The summed E-state index contributed by atoms with van der Waals surface area (Å²) in [5.74, 6) is 3.37. The third-order valence-electron chi connectivity index (χ3n) is 10.6. The minimum Gasteiger partial charge on any atom is -0.297 e. The summed E-state index contributed by atoms with van der Waals surface area (Å²) in [6.07, 6.45) is 14.4. The van der Waals surface area contributed by atoms with E-state index in [9.17, 15) is 13.2 Å². The Kier molecular flexibility index (Phi) is 5.98. The van der Waals surface area contributed by atoms with Crippen LogP contribution in [0.25, 0.3) is 0 Å². The summed E-state index contributed by atoms with van der Waals surface area (Å²) in [4.78, 5) is 13.4. The fourth-order valence-electron chi connectivity index (χ4n) is 9.34. The number of rotatable bonds is 5. The zero-order chi connectivity index (χ0) is 24.3. The lowest BCUT2D eigenvalue weighted by Crippen LogP contribution is -2.57. The monoisotopic (exact) mass is 485 g/mol. The van der Waals surface area contributed by atoms with Crippen LogP contribution in [-0.2, 0) is 21.2 Å². The van der Waals surface area contributed by atoms with Crippen LogP contribution in [0.3, 0.4) is 0 Å². The van der Waals surface area contributed by atoms with Crippen molar-refractivity contribution in [1.82, 2.24) is 9.78 Å². The first kappa shape index (κ1) is 24.0. The number of aromatic nitrogens is 2. The third-order valence-corrected chi connectivity index (χ3v) is 11.7. The molecule has 6 nitrogen and oxygen atoms in total. The number of carbonyl (C=O) groups excluding carboxylic acids is 1. The predicted octanol–water partition coefficient (Wildman–Crippen LogP) is 4.64. The Labute approximate surface area is 204 Å². The molecule has 7 heteroatoms.